The molecule has 2 aliphatic rings. The van der Waals surface area contributed by atoms with Crippen LogP contribution in [0.5, 0.6) is 0 Å². The van der Waals surface area contributed by atoms with Gasteiger partial charge in [-0.3, -0.25) is 19.3 Å². The fraction of sp³-hybridized carbons (Fsp3) is 0.400. The van der Waals surface area contributed by atoms with E-state index < -0.39 is 0 Å². The molecule has 1 heterocycles. The van der Waals surface area contributed by atoms with E-state index >= 15 is 0 Å². The van der Waals surface area contributed by atoms with Gasteiger partial charge in [0.2, 0.25) is 17.7 Å². The van der Waals surface area contributed by atoms with E-state index in [1.807, 2.05) is 60.7 Å². The molecule has 1 aliphatic heterocycles. The van der Waals surface area contributed by atoms with Crippen LogP contribution in [-0.4, -0.2) is 40.6 Å². The predicted octanol–water partition coefficient (Wildman–Crippen LogP) is 3.43. The highest BCUT2D eigenvalue weighted by Gasteiger charge is 2.48. The molecule has 0 radical (unpaired) electrons. The molecular formula is C25H28N2O3. The molecular weight excluding hydrogens is 376 g/mol. The lowest BCUT2D eigenvalue weighted by molar-refractivity contribution is -0.146. The zero-order chi connectivity index (χ0) is 20.9. The molecule has 2 atom stereocenters. The number of benzene rings is 2. The van der Waals surface area contributed by atoms with E-state index in [2.05, 4.69) is 0 Å². The van der Waals surface area contributed by atoms with Gasteiger partial charge in [-0.25, -0.2) is 0 Å². The van der Waals surface area contributed by atoms with E-state index in [0.29, 0.717) is 13.1 Å². The van der Waals surface area contributed by atoms with Crippen LogP contribution in [0.4, 0.5) is 0 Å². The van der Waals surface area contributed by atoms with Gasteiger partial charge in [0.15, 0.2) is 0 Å². The molecule has 5 nitrogen and oxygen atoms in total. The van der Waals surface area contributed by atoms with E-state index in [0.717, 1.165) is 43.2 Å². The van der Waals surface area contributed by atoms with E-state index in [1.54, 1.807) is 4.90 Å². The molecule has 4 rings (SSSR count). The monoisotopic (exact) mass is 404 g/mol. The van der Waals surface area contributed by atoms with Crippen LogP contribution in [0.15, 0.2) is 60.7 Å². The van der Waals surface area contributed by atoms with Gasteiger partial charge in [-0.05, 0) is 30.4 Å². The van der Waals surface area contributed by atoms with Gasteiger partial charge in [-0.2, -0.15) is 0 Å². The summed E-state index contributed by atoms with van der Waals surface area (Å²) in [4.78, 5) is 41.8. The van der Waals surface area contributed by atoms with Gasteiger partial charge in [-0.1, -0.05) is 73.5 Å². The summed E-state index contributed by atoms with van der Waals surface area (Å²) in [6, 6.07) is 19.9. The van der Waals surface area contributed by atoms with Crippen LogP contribution in [0, 0.1) is 11.8 Å². The number of hydrogen-bond donors (Lipinski definition) is 0. The average Bonchev–Trinajstić information content (AvgIpc) is 3.03. The van der Waals surface area contributed by atoms with Gasteiger partial charge in [0.1, 0.15) is 6.54 Å². The number of carbonyl (C=O) groups excluding carboxylic acids is 3. The Morgan fingerprint density at radius 3 is 1.93 bits per heavy atom. The van der Waals surface area contributed by atoms with Crippen LogP contribution in [0.3, 0.4) is 0 Å². The van der Waals surface area contributed by atoms with E-state index in [1.165, 1.54) is 4.90 Å². The van der Waals surface area contributed by atoms with Crippen molar-refractivity contribution in [2.24, 2.45) is 11.8 Å². The number of nitrogens with zero attached hydrogens (tertiary/aromatic N) is 2. The number of fused-ring (bicyclic) bond motifs is 1. The molecule has 5 heteroatoms. The Balaban J connectivity index is 1.47. The number of carbonyl (C=O) groups is 3. The van der Waals surface area contributed by atoms with Crippen molar-refractivity contribution in [1.29, 1.82) is 0 Å². The number of likely N-dealkylation sites (tertiary alicyclic amines) is 1. The second kappa shape index (κ2) is 9.24. The first kappa shape index (κ1) is 20.3. The lowest BCUT2D eigenvalue weighted by Gasteiger charge is -2.25. The summed E-state index contributed by atoms with van der Waals surface area (Å²) in [5.41, 5.74) is 2.19. The highest BCUT2D eigenvalue weighted by atomic mass is 16.2. The molecule has 3 amide bonds. The number of imide groups is 1. The molecule has 2 fully saturated rings. The van der Waals surface area contributed by atoms with Gasteiger partial charge in [0.25, 0.3) is 0 Å². The van der Waals surface area contributed by atoms with Crippen LogP contribution in [0.2, 0.25) is 0 Å². The van der Waals surface area contributed by atoms with Gasteiger partial charge in [-0.15, -0.1) is 0 Å². The fourth-order valence-electron chi connectivity index (χ4n) is 4.63. The number of hydrogen-bond acceptors (Lipinski definition) is 3. The minimum atomic E-state index is -0.217. The molecule has 2 aromatic carbocycles. The SMILES string of the molecule is O=C(CN1C(=O)C2CCCCC2C1=O)N(CCc1ccccc1)Cc1ccccc1. The molecule has 1 saturated heterocycles. The maximum absolute atomic E-state index is 13.2. The Labute approximate surface area is 177 Å². The maximum Gasteiger partial charge on any atom is 0.243 e. The van der Waals surface area contributed by atoms with Crippen LogP contribution in [-0.2, 0) is 27.3 Å². The van der Waals surface area contributed by atoms with Crippen molar-refractivity contribution < 1.29 is 14.4 Å². The third-order valence-corrected chi connectivity index (χ3v) is 6.31. The molecule has 0 bridgehead atoms. The lowest BCUT2D eigenvalue weighted by atomic mass is 9.81. The Hall–Kier alpha value is -2.95. The van der Waals surface area contributed by atoms with Crippen molar-refractivity contribution in [3.63, 3.8) is 0 Å². The Morgan fingerprint density at radius 1 is 0.833 bits per heavy atom. The lowest BCUT2D eigenvalue weighted by Crippen LogP contribution is -2.43. The summed E-state index contributed by atoms with van der Waals surface area (Å²) in [7, 11) is 0. The normalized spacial score (nSPS) is 20.9. The zero-order valence-corrected chi connectivity index (χ0v) is 17.2. The van der Waals surface area contributed by atoms with E-state index in [9.17, 15) is 14.4 Å². The van der Waals surface area contributed by atoms with Crippen molar-refractivity contribution in [3.05, 3.63) is 71.8 Å². The molecule has 30 heavy (non-hydrogen) atoms. The van der Waals surface area contributed by atoms with Crippen molar-refractivity contribution in [1.82, 2.24) is 9.80 Å². The quantitative estimate of drug-likeness (QED) is 0.665. The van der Waals surface area contributed by atoms with Crippen molar-refractivity contribution in [2.75, 3.05) is 13.1 Å². The summed E-state index contributed by atoms with van der Waals surface area (Å²) in [5.74, 6) is -0.909. The van der Waals surface area contributed by atoms with E-state index in [4.69, 9.17) is 0 Å². The molecule has 0 N–H and O–H groups in total. The minimum absolute atomic E-state index is 0.147. The average molecular weight is 405 g/mol. The number of amides is 3. The van der Waals surface area contributed by atoms with Gasteiger partial charge >= 0.3 is 0 Å². The molecule has 2 unspecified atom stereocenters. The second-order valence-electron chi connectivity index (χ2n) is 8.30. The van der Waals surface area contributed by atoms with Gasteiger partial charge in [0, 0.05) is 13.1 Å². The zero-order valence-electron chi connectivity index (χ0n) is 17.2. The largest absolute Gasteiger partial charge is 0.336 e. The molecule has 0 aromatic heterocycles. The molecule has 1 saturated carbocycles. The van der Waals surface area contributed by atoms with E-state index in [-0.39, 0.29) is 36.1 Å². The standard InChI is InChI=1S/C25H28N2O3/c28-23(18-27-24(29)21-13-7-8-14-22(21)25(27)30)26(17-20-11-5-2-6-12-20)16-15-19-9-3-1-4-10-19/h1-6,9-12,21-22H,7-8,13-18H2. The molecule has 0 spiro atoms. The molecule has 1 aliphatic carbocycles. The fourth-order valence-corrected chi connectivity index (χ4v) is 4.63. The smallest absolute Gasteiger partial charge is 0.243 e. The third-order valence-electron chi connectivity index (χ3n) is 6.31. The summed E-state index contributed by atoms with van der Waals surface area (Å²) in [6.45, 7) is 0.864. The topological polar surface area (TPSA) is 57.7 Å². The second-order valence-corrected chi connectivity index (χ2v) is 8.30. The Bertz CT molecular complexity index is 873. The Morgan fingerprint density at radius 2 is 1.37 bits per heavy atom. The predicted molar refractivity (Wildman–Crippen MR) is 114 cm³/mol. The van der Waals surface area contributed by atoms with Crippen molar-refractivity contribution in [3.8, 4) is 0 Å². The summed E-state index contributed by atoms with van der Waals surface area (Å²) in [6.07, 6.45) is 4.23. The summed E-state index contributed by atoms with van der Waals surface area (Å²) < 4.78 is 0. The first-order valence-corrected chi connectivity index (χ1v) is 10.8. The minimum Gasteiger partial charge on any atom is -0.336 e. The number of rotatable bonds is 7. The maximum atomic E-state index is 13.2. The van der Waals surface area contributed by atoms with Gasteiger partial charge in [0.05, 0.1) is 11.8 Å². The summed E-state index contributed by atoms with van der Waals surface area (Å²) >= 11 is 0. The first-order valence-electron chi connectivity index (χ1n) is 10.8. The van der Waals surface area contributed by atoms with Crippen LogP contribution in [0.25, 0.3) is 0 Å². The van der Waals surface area contributed by atoms with Crippen molar-refractivity contribution >= 4 is 17.7 Å². The van der Waals surface area contributed by atoms with Crippen LogP contribution in [0.1, 0.15) is 36.8 Å². The van der Waals surface area contributed by atoms with Crippen molar-refractivity contribution in [2.45, 2.75) is 38.6 Å². The molecule has 156 valence electrons. The van der Waals surface area contributed by atoms with Crippen LogP contribution >= 0.6 is 0 Å². The highest BCUT2D eigenvalue weighted by Crippen LogP contribution is 2.37. The Kier molecular flexibility index (Phi) is 6.26. The first-order chi connectivity index (χ1) is 14.6. The van der Waals surface area contributed by atoms with Crippen LogP contribution < -0.4 is 0 Å². The summed E-state index contributed by atoms with van der Waals surface area (Å²) in [5, 5.41) is 0. The highest BCUT2D eigenvalue weighted by molar-refractivity contribution is 6.07. The van der Waals surface area contributed by atoms with Gasteiger partial charge < -0.3 is 4.90 Å². The third kappa shape index (κ3) is 4.45. The molecule has 2 aromatic rings.